The van der Waals surface area contributed by atoms with Crippen LogP contribution in [0.1, 0.15) is 20.9 Å². The van der Waals surface area contributed by atoms with E-state index in [1.54, 1.807) is 0 Å². The van der Waals surface area contributed by atoms with E-state index in [4.69, 9.17) is 5.11 Å². The van der Waals surface area contributed by atoms with Crippen LogP contribution in [0.2, 0.25) is 0 Å². The zero-order valence-electron chi connectivity index (χ0n) is 9.77. The first-order chi connectivity index (χ1) is 9.49. The minimum Gasteiger partial charge on any atom is -0.478 e. The lowest BCUT2D eigenvalue weighted by Crippen LogP contribution is -2.14. The number of carboxylic acids is 1. The van der Waals surface area contributed by atoms with Gasteiger partial charge in [0.05, 0.1) is 22.4 Å². The molecule has 2 N–H and O–H groups in total. The number of nitrogens with zero attached hydrogens (tertiary/aromatic N) is 2. The van der Waals surface area contributed by atoms with Crippen LogP contribution in [0.15, 0.2) is 35.0 Å². The van der Waals surface area contributed by atoms with Crippen molar-refractivity contribution in [3.05, 3.63) is 51.9 Å². The number of nitrogens with one attached hydrogen (secondary N) is 1. The Morgan fingerprint density at radius 3 is 2.65 bits per heavy atom. The van der Waals surface area contributed by atoms with Crippen molar-refractivity contribution in [2.45, 2.75) is 0 Å². The highest BCUT2D eigenvalue weighted by Gasteiger charge is 2.19. The molecule has 20 heavy (non-hydrogen) atoms. The number of nitro benzene ring substituents is 1. The molecule has 0 saturated heterocycles. The van der Waals surface area contributed by atoms with E-state index >= 15 is 0 Å². The highest BCUT2D eigenvalue weighted by Crippen LogP contribution is 2.22. The van der Waals surface area contributed by atoms with E-state index < -0.39 is 22.4 Å². The second-order valence-electron chi connectivity index (χ2n) is 3.62. The maximum atomic E-state index is 11.7. The van der Waals surface area contributed by atoms with E-state index in [0.717, 1.165) is 18.2 Å². The lowest BCUT2D eigenvalue weighted by molar-refractivity contribution is -0.384. The Kier molecular flexibility index (Phi) is 3.42. The van der Waals surface area contributed by atoms with Gasteiger partial charge in [0.1, 0.15) is 0 Å². The van der Waals surface area contributed by atoms with Crippen molar-refractivity contribution in [1.82, 2.24) is 5.16 Å². The number of non-ortho nitro benzene ring substituents is 1. The molecule has 0 bridgehead atoms. The van der Waals surface area contributed by atoms with Crippen LogP contribution in [-0.2, 0) is 0 Å². The Morgan fingerprint density at radius 2 is 2.10 bits per heavy atom. The number of carboxylic acid groups (broad SMARTS) is 1. The second kappa shape index (κ2) is 5.18. The van der Waals surface area contributed by atoms with E-state index in [2.05, 4.69) is 15.0 Å². The molecule has 0 aliphatic rings. The highest BCUT2D eigenvalue weighted by atomic mass is 16.6. The molecule has 0 aliphatic heterocycles. The molecule has 1 aromatic carbocycles. The summed E-state index contributed by atoms with van der Waals surface area (Å²) in [6.45, 7) is 0. The van der Waals surface area contributed by atoms with Crippen molar-refractivity contribution in [3.8, 4) is 0 Å². The number of nitro groups is 1. The Bertz CT molecular complexity index is 679. The number of anilines is 1. The molecule has 0 spiro atoms. The quantitative estimate of drug-likeness (QED) is 0.638. The van der Waals surface area contributed by atoms with Crippen LogP contribution in [-0.4, -0.2) is 27.1 Å². The molecular formula is C11H7N3O6. The summed E-state index contributed by atoms with van der Waals surface area (Å²) in [5.41, 5.74) is -0.864. The molecule has 9 heteroatoms. The number of benzene rings is 1. The zero-order valence-corrected chi connectivity index (χ0v) is 9.77. The van der Waals surface area contributed by atoms with Gasteiger partial charge in [-0.25, -0.2) is 4.79 Å². The van der Waals surface area contributed by atoms with Crippen molar-refractivity contribution in [2.24, 2.45) is 0 Å². The molecule has 0 saturated carbocycles. The lowest BCUT2D eigenvalue weighted by Gasteiger charge is -2.06. The van der Waals surface area contributed by atoms with Gasteiger partial charge in [-0.2, -0.15) is 0 Å². The first-order valence-electron chi connectivity index (χ1n) is 5.23. The Labute approximate surface area is 111 Å². The normalized spacial score (nSPS) is 10.0. The van der Waals surface area contributed by atoms with Crippen LogP contribution in [0.25, 0.3) is 0 Å². The molecule has 0 atom stereocenters. The fraction of sp³-hybridized carbons (Fsp3) is 0. The van der Waals surface area contributed by atoms with Crippen molar-refractivity contribution < 1.29 is 24.1 Å². The van der Waals surface area contributed by atoms with Gasteiger partial charge in [-0.3, -0.25) is 14.9 Å². The van der Waals surface area contributed by atoms with Crippen LogP contribution in [0.4, 0.5) is 11.4 Å². The van der Waals surface area contributed by atoms with Crippen LogP contribution < -0.4 is 5.32 Å². The minimum atomic E-state index is -1.40. The molecule has 2 rings (SSSR count). The number of hydrogen-bond acceptors (Lipinski definition) is 6. The number of amides is 1. The molecule has 1 aromatic heterocycles. The number of hydrogen-bond donors (Lipinski definition) is 2. The largest absolute Gasteiger partial charge is 0.478 e. The highest BCUT2D eigenvalue weighted by molar-refractivity contribution is 6.06. The minimum absolute atomic E-state index is 0.0792. The van der Waals surface area contributed by atoms with Crippen LogP contribution >= 0.6 is 0 Å². The van der Waals surface area contributed by atoms with Gasteiger partial charge >= 0.3 is 5.97 Å². The Balaban J connectivity index is 2.34. The summed E-state index contributed by atoms with van der Waals surface area (Å²) < 4.78 is 4.61. The first-order valence-corrected chi connectivity index (χ1v) is 5.23. The maximum Gasteiger partial charge on any atom is 0.338 e. The lowest BCUT2D eigenvalue weighted by atomic mass is 10.1. The van der Waals surface area contributed by atoms with Crippen molar-refractivity contribution in [3.63, 3.8) is 0 Å². The fourth-order valence-corrected chi connectivity index (χ4v) is 1.45. The zero-order chi connectivity index (χ0) is 14.7. The third-order valence-corrected chi connectivity index (χ3v) is 2.35. The summed E-state index contributed by atoms with van der Waals surface area (Å²) in [6, 6.07) is 4.37. The molecule has 1 heterocycles. The molecular weight excluding hydrogens is 270 g/mol. The number of carbonyl (C=O) groups is 2. The molecule has 0 unspecified atom stereocenters. The van der Waals surface area contributed by atoms with Crippen LogP contribution in [0.5, 0.6) is 0 Å². The van der Waals surface area contributed by atoms with Gasteiger partial charge in [0.25, 0.3) is 11.6 Å². The molecule has 0 radical (unpaired) electrons. The van der Waals surface area contributed by atoms with E-state index in [1.807, 2.05) is 0 Å². The predicted octanol–water partition coefficient (Wildman–Crippen LogP) is 1.53. The number of carbonyl (C=O) groups excluding carboxylic acids is 1. The number of aromatic nitrogens is 1. The number of rotatable bonds is 4. The van der Waals surface area contributed by atoms with Gasteiger partial charge in [-0.15, -0.1) is 0 Å². The van der Waals surface area contributed by atoms with Gasteiger partial charge in [0.15, 0.2) is 0 Å². The van der Waals surface area contributed by atoms with Gasteiger partial charge in [0.2, 0.25) is 5.76 Å². The number of aromatic carboxylic acids is 1. The molecule has 1 amide bonds. The third-order valence-electron chi connectivity index (χ3n) is 2.35. The molecule has 0 aliphatic carbocycles. The summed E-state index contributed by atoms with van der Waals surface area (Å²) in [5.74, 6) is -2.22. The Morgan fingerprint density at radius 1 is 1.35 bits per heavy atom. The first kappa shape index (κ1) is 13.2. The van der Waals surface area contributed by atoms with Crippen LogP contribution in [0.3, 0.4) is 0 Å². The second-order valence-corrected chi connectivity index (χ2v) is 3.62. The average molecular weight is 277 g/mol. The molecule has 102 valence electrons. The summed E-state index contributed by atoms with van der Waals surface area (Å²) in [4.78, 5) is 32.6. The fourth-order valence-electron chi connectivity index (χ4n) is 1.45. The Hall–Kier alpha value is -3.23. The summed E-state index contributed by atoms with van der Waals surface area (Å²) >= 11 is 0. The van der Waals surface area contributed by atoms with E-state index in [9.17, 15) is 19.7 Å². The van der Waals surface area contributed by atoms with Crippen molar-refractivity contribution >= 4 is 23.3 Å². The molecule has 9 nitrogen and oxygen atoms in total. The van der Waals surface area contributed by atoms with Crippen LogP contribution in [0, 0.1) is 10.1 Å². The van der Waals surface area contributed by atoms with Gasteiger partial charge < -0.3 is 14.9 Å². The van der Waals surface area contributed by atoms with Gasteiger partial charge in [0, 0.05) is 18.2 Å². The SMILES string of the molecule is O=C(Nc1ccc([N+](=O)[O-])cc1C(=O)O)c1ccno1. The maximum absolute atomic E-state index is 11.7. The monoisotopic (exact) mass is 277 g/mol. The summed E-state index contributed by atoms with van der Waals surface area (Å²) in [7, 11) is 0. The molecule has 0 fully saturated rings. The van der Waals surface area contributed by atoms with Crippen molar-refractivity contribution in [2.75, 3.05) is 5.32 Å². The third kappa shape index (κ3) is 2.61. The predicted molar refractivity (Wildman–Crippen MR) is 64.5 cm³/mol. The smallest absolute Gasteiger partial charge is 0.338 e. The summed E-state index contributed by atoms with van der Waals surface area (Å²) in [6.07, 6.45) is 1.25. The topological polar surface area (TPSA) is 136 Å². The van der Waals surface area contributed by atoms with Gasteiger partial charge in [-0.05, 0) is 6.07 Å². The van der Waals surface area contributed by atoms with E-state index in [1.165, 1.54) is 12.3 Å². The van der Waals surface area contributed by atoms with Gasteiger partial charge in [-0.1, -0.05) is 5.16 Å². The van der Waals surface area contributed by atoms with E-state index in [-0.39, 0.29) is 17.1 Å². The standard InChI is InChI=1S/C11H7N3O6/c15-10(9-3-4-12-20-9)13-8-2-1-6(14(18)19)5-7(8)11(16)17/h1-5H,(H,13,15)(H,16,17). The van der Waals surface area contributed by atoms with E-state index in [0.29, 0.717) is 0 Å². The molecule has 2 aromatic rings. The average Bonchev–Trinajstić information content (AvgIpc) is 2.92. The summed E-state index contributed by atoms with van der Waals surface area (Å²) in [5, 5.41) is 25.2. The van der Waals surface area contributed by atoms with Crippen molar-refractivity contribution in [1.29, 1.82) is 0 Å².